The number of ether oxygens (including phenoxy) is 1. The lowest BCUT2D eigenvalue weighted by atomic mass is 9.97. The minimum absolute atomic E-state index is 0.0359. The zero-order valence-electron chi connectivity index (χ0n) is 17.4. The molecule has 3 aromatic carbocycles. The average molecular weight is 448 g/mol. The molecule has 4 rings (SSSR count). The summed E-state index contributed by atoms with van der Waals surface area (Å²) in [6.07, 6.45) is 0. The number of nitrogens with zero attached hydrogens (tertiary/aromatic N) is 1. The minimum Gasteiger partial charge on any atom is -0.506 e. The van der Waals surface area contributed by atoms with Crippen LogP contribution in [0.4, 0.5) is 8.78 Å². The van der Waals surface area contributed by atoms with Crippen molar-refractivity contribution >= 4 is 34.1 Å². The molecule has 33 heavy (non-hydrogen) atoms. The van der Waals surface area contributed by atoms with Crippen LogP contribution >= 0.6 is 0 Å². The molecule has 1 heterocycles. The highest BCUT2D eigenvalue weighted by Crippen LogP contribution is 2.29. The number of H-pyrrole nitrogens is 1. The second kappa shape index (κ2) is 9.04. The Morgan fingerprint density at radius 1 is 0.970 bits per heavy atom. The lowest BCUT2D eigenvalue weighted by Gasteiger charge is -2.10. The van der Waals surface area contributed by atoms with Crippen molar-refractivity contribution in [3.8, 4) is 0 Å². The molecule has 8 heteroatoms. The highest BCUT2D eigenvalue weighted by Gasteiger charge is 2.24. The minimum atomic E-state index is -0.906. The van der Waals surface area contributed by atoms with Crippen molar-refractivity contribution in [1.29, 1.82) is 0 Å². The number of halogens is 2. The Labute approximate surface area is 187 Å². The van der Waals surface area contributed by atoms with Gasteiger partial charge in [-0.15, -0.1) is 0 Å². The van der Waals surface area contributed by atoms with E-state index in [9.17, 15) is 23.5 Å². The maximum atomic E-state index is 13.8. The second-order valence-corrected chi connectivity index (χ2v) is 7.29. The number of carbonyl (C=O) groups excluding carboxylic acids is 2. The fourth-order valence-electron chi connectivity index (χ4n) is 3.36. The standard InChI is InChI=1S/C25H18F2N2O4/c1-14(30)33-13-15-5-4-6-16(9-15)23(31)22(24(32)17-10-18(26)12-19(27)11-17)25-28-20-7-2-3-8-21(20)29-25/h2-12,32H,13H2,1H3,(H,28,29). The van der Waals surface area contributed by atoms with E-state index in [0.29, 0.717) is 22.7 Å². The Morgan fingerprint density at radius 2 is 1.70 bits per heavy atom. The molecule has 0 spiro atoms. The summed E-state index contributed by atoms with van der Waals surface area (Å²) < 4.78 is 32.6. The van der Waals surface area contributed by atoms with Gasteiger partial charge in [-0.25, -0.2) is 13.8 Å². The zero-order chi connectivity index (χ0) is 23.5. The number of nitrogens with one attached hydrogen (secondary N) is 1. The van der Waals surface area contributed by atoms with Gasteiger partial charge < -0.3 is 14.8 Å². The van der Waals surface area contributed by atoms with Crippen molar-refractivity contribution in [2.45, 2.75) is 13.5 Å². The largest absolute Gasteiger partial charge is 0.506 e. The fourth-order valence-corrected chi connectivity index (χ4v) is 3.36. The van der Waals surface area contributed by atoms with Gasteiger partial charge >= 0.3 is 5.97 Å². The number of ketones is 1. The molecule has 0 bridgehead atoms. The first-order valence-electron chi connectivity index (χ1n) is 9.93. The molecule has 0 radical (unpaired) electrons. The van der Waals surface area contributed by atoms with E-state index in [4.69, 9.17) is 4.74 Å². The van der Waals surface area contributed by atoms with Gasteiger partial charge in [-0.2, -0.15) is 0 Å². The average Bonchev–Trinajstić information content (AvgIpc) is 3.21. The summed E-state index contributed by atoms with van der Waals surface area (Å²) in [6, 6.07) is 15.8. The molecule has 4 aromatic rings. The van der Waals surface area contributed by atoms with E-state index in [1.807, 2.05) is 0 Å². The van der Waals surface area contributed by atoms with E-state index < -0.39 is 29.1 Å². The van der Waals surface area contributed by atoms with E-state index in [1.54, 1.807) is 36.4 Å². The Hall–Kier alpha value is -4.33. The molecule has 0 unspecified atom stereocenters. The zero-order valence-corrected chi connectivity index (χ0v) is 17.4. The van der Waals surface area contributed by atoms with Gasteiger partial charge in [0.2, 0.25) is 5.78 Å². The van der Waals surface area contributed by atoms with Crippen LogP contribution in [0.2, 0.25) is 0 Å². The number of aromatic amines is 1. The molecule has 1 aromatic heterocycles. The SMILES string of the molecule is CC(=O)OCc1cccc(C(=O)C(=C(O)c2cc(F)cc(F)c2)c2nc3ccccc3[nH]2)c1. The van der Waals surface area contributed by atoms with E-state index in [-0.39, 0.29) is 29.1 Å². The van der Waals surface area contributed by atoms with Crippen molar-refractivity contribution in [3.05, 3.63) is 101 Å². The second-order valence-electron chi connectivity index (χ2n) is 7.29. The summed E-state index contributed by atoms with van der Waals surface area (Å²) in [7, 11) is 0. The number of hydrogen-bond donors (Lipinski definition) is 2. The monoisotopic (exact) mass is 448 g/mol. The van der Waals surface area contributed by atoms with Crippen molar-refractivity contribution in [3.63, 3.8) is 0 Å². The Kier molecular flexibility index (Phi) is 5.99. The van der Waals surface area contributed by atoms with Crippen molar-refractivity contribution < 1.29 is 28.2 Å². The molecule has 2 N–H and O–H groups in total. The number of aliphatic hydroxyl groups is 1. The van der Waals surface area contributed by atoms with Gasteiger partial charge in [-0.05, 0) is 35.9 Å². The first-order chi connectivity index (χ1) is 15.8. The molecule has 0 aliphatic carbocycles. The predicted octanol–water partition coefficient (Wildman–Crippen LogP) is 5.21. The molecule has 6 nitrogen and oxygen atoms in total. The summed E-state index contributed by atoms with van der Waals surface area (Å²) in [5, 5.41) is 11.0. The fraction of sp³-hybridized carbons (Fsp3) is 0.0800. The molecule has 166 valence electrons. The number of hydrogen-bond acceptors (Lipinski definition) is 5. The maximum absolute atomic E-state index is 13.8. The number of aliphatic hydroxyl groups excluding tert-OH is 1. The van der Waals surface area contributed by atoms with Crippen molar-refractivity contribution in [1.82, 2.24) is 9.97 Å². The number of benzene rings is 3. The van der Waals surface area contributed by atoms with Gasteiger partial charge in [0.1, 0.15) is 35.4 Å². The number of rotatable bonds is 6. The lowest BCUT2D eigenvalue weighted by Crippen LogP contribution is -2.09. The highest BCUT2D eigenvalue weighted by atomic mass is 19.1. The molecular formula is C25H18F2N2O4. The smallest absolute Gasteiger partial charge is 0.302 e. The third-order valence-electron chi connectivity index (χ3n) is 4.86. The molecule has 0 fully saturated rings. The number of esters is 1. The lowest BCUT2D eigenvalue weighted by molar-refractivity contribution is -0.142. The van der Waals surface area contributed by atoms with Gasteiger partial charge in [0, 0.05) is 24.1 Å². The van der Waals surface area contributed by atoms with Gasteiger partial charge in [0.05, 0.1) is 11.0 Å². The van der Waals surface area contributed by atoms with Crippen LogP contribution in [-0.4, -0.2) is 26.8 Å². The molecule has 0 aliphatic rings. The Bertz CT molecular complexity index is 1360. The first kappa shape index (κ1) is 21.9. The van der Waals surface area contributed by atoms with Crippen LogP contribution in [0, 0.1) is 11.6 Å². The van der Waals surface area contributed by atoms with Gasteiger partial charge in [-0.3, -0.25) is 9.59 Å². The normalized spacial score (nSPS) is 11.8. The quantitative estimate of drug-likeness (QED) is 0.183. The summed E-state index contributed by atoms with van der Waals surface area (Å²) >= 11 is 0. The Balaban J connectivity index is 1.86. The molecule has 0 saturated carbocycles. The molecule has 0 aliphatic heterocycles. The number of imidazole rings is 1. The van der Waals surface area contributed by atoms with E-state index in [1.165, 1.54) is 19.1 Å². The van der Waals surface area contributed by atoms with E-state index in [0.717, 1.165) is 12.1 Å². The number of carbonyl (C=O) groups is 2. The highest BCUT2D eigenvalue weighted by molar-refractivity contribution is 6.33. The third kappa shape index (κ3) is 4.79. The number of para-hydroxylation sites is 2. The number of aromatic nitrogens is 2. The summed E-state index contributed by atoms with van der Waals surface area (Å²) in [4.78, 5) is 32.0. The molecule has 0 amide bonds. The van der Waals surface area contributed by atoms with E-state index in [2.05, 4.69) is 9.97 Å². The van der Waals surface area contributed by atoms with E-state index >= 15 is 0 Å². The van der Waals surface area contributed by atoms with Crippen LogP contribution in [-0.2, 0) is 16.1 Å². The van der Waals surface area contributed by atoms with Crippen LogP contribution in [0.3, 0.4) is 0 Å². The number of fused-ring (bicyclic) bond motifs is 1. The van der Waals surface area contributed by atoms with Crippen LogP contribution in [0.5, 0.6) is 0 Å². The summed E-state index contributed by atoms with van der Waals surface area (Å²) in [5.41, 5.74) is 1.39. The summed E-state index contributed by atoms with van der Waals surface area (Å²) in [5.74, 6) is -3.52. The van der Waals surface area contributed by atoms with Gasteiger partial charge in [-0.1, -0.05) is 30.3 Å². The number of Topliss-reactive ketones (excluding diaryl/α,β-unsaturated/α-hetero) is 1. The first-order valence-corrected chi connectivity index (χ1v) is 9.93. The summed E-state index contributed by atoms with van der Waals surface area (Å²) in [6.45, 7) is 1.23. The molecule has 0 saturated heterocycles. The maximum Gasteiger partial charge on any atom is 0.302 e. The third-order valence-corrected chi connectivity index (χ3v) is 4.86. The molecular weight excluding hydrogens is 430 g/mol. The molecule has 0 atom stereocenters. The van der Waals surface area contributed by atoms with Crippen molar-refractivity contribution in [2.75, 3.05) is 0 Å². The Morgan fingerprint density at radius 3 is 2.39 bits per heavy atom. The topological polar surface area (TPSA) is 92.3 Å². The number of allylic oxidation sites excluding steroid dienone is 1. The van der Waals surface area contributed by atoms with Crippen molar-refractivity contribution in [2.24, 2.45) is 0 Å². The van der Waals surface area contributed by atoms with Gasteiger partial charge in [0.15, 0.2) is 0 Å². The van der Waals surface area contributed by atoms with Crippen LogP contribution < -0.4 is 0 Å². The van der Waals surface area contributed by atoms with Crippen LogP contribution in [0.25, 0.3) is 22.4 Å². The van der Waals surface area contributed by atoms with Crippen LogP contribution in [0.15, 0.2) is 66.7 Å². The predicted molar refractivity (Wildman–Crippen MR) is 118 cm³/mol. The van der Waals surface area contributed by atoms with Gasteiger partial charge in [0.25, 0.3) is 0 Å². The van der Waals surface area contributed by atoms with Crippen LogP contribution in [0.1, 0.15) is 34.2 Å².